The normalized spacial score (nSPS) is 16.7. The number of benzene rings is 8. The van der Waals surface area contributed by atoms with Crippen LogP contribution in [0.5, 0.6) is 0 Å². The molecule has 0 aromatic heterocycles. The molecule has 256 valence electrons. The third kappa shape index (κ3) is 6.20. The summed E-state index contributed by atoms with van der Waals surface area (Å²) in [6.45, 7) is 0. The van der Waals surface area contributed by atoms with Gasteiger partial charge in [-0.1, -0.05) is 164 Å². The van der Waals surface area contributed by atoms with E-state index in [1.165, 1.54) is 54.7 Å². The molecule has 3 nitrogen and oxygen atoms in total. The zero-order chi connectivity index (χ0) is 35.8. The highest BCUT2D eigenvalue weighted by Crippen LogP contribution is 2.32. The van der Waals surface area contributed by atoms with Crippen LogP contribution in [0.25, 0.3) is 54.6 Å². The molecule has 0 saturated carbocycles. The predicted molar refractivity (Wildman–Crippen MR) is 227 cm³/mol. The van der Waals surface area contributed by atoms with Crippen LogP contribution in [0.15, 0.2) is 204 Å². The Morgan fingerprint density at radius 3 is 1.54 bits per heavy atom. The number of amidine groups is 2. The Hall–Kier alpha value is -6.84. The zero-order valence-corrected chi connectivity index (χ0v) is 29.7. The van der Waals surface area contributed by atoms with E-state index in [0.717, 1.165) is 40.2 Å². The molecule has 0 radical (unpaired) electrons. The van der Waals surface area contributed by atoms with Crippen LogP contribution in [0.3, 0.4) is 0 Å². The summed E-state index contributed by atoms with van der Waals surface area (Å²) in [4.78, 5) is 10.5. The minimum Gasteiger partial charge on any atom is -0.344 e. The third-order valence-corrected chi connectivity index (χ3v) is 10.8. The molecule has 8 aromatic rings. The minimum absolute atomic E-state index is 0.314. The summed E-state index contributed by atoms with van der Waals surface area (Å²) in [6, 6.07) is 61.2. The molecule has 1 aliphatic heterocycles. The van der Waals surface area contributed by atoms with Gasteiger partial charge < -0.3 is 5.32 Å². The molecule has 1 aliphatic carbocycles. The first-order valence-electron chi connectivity index (χ1n) is 18.7. The van der Waals surface area contributed by atoms with Gasteiger partial charge in [-0.05, 0) is 102 Å². The topological polar surface area (TPSA) is 36.8 Å². The Balaban J connectivity index is 1.03. The molecule has 1 heterocycles. The molecular weight excluding hydrogens is 655 g/mol. The van der Waals surface area contributed by atoms with Gasteiger partial charge >= 0.3 is 0 Å². The molecular formula is C51H37N3. The molecule has 1 N–H and O–H groups in total. The highest BCUT2D eigenvalue weighted by Gasteiger charge is 2.22. The minimum atomic E-state index is -0.314. The van der Waals surface area contributed by atoms with Crippen molar-refractivity contribution in [1.82, 2.24) is 5.32 Å². The molecule has 10 rings (SSSR count). The van der Waals surface area contributed by atoms with Gasteiger partial charge in [0.2, 0.25) is 0 Å². The van der Waals surface area contributed by atoms with Crippen molar-refractivity contribution in [2.75, 3.05) is 0 Å². The van der Waals surface area contributed by atoms with Crippen molar-refractivity contribution >= 4 is 44.0 Å². The highest BCUT2D eigenvalue weighted by molar-refractivity contribution is 6.14. The van der Waals surface area contributed by atoms with Crippen LogP contribution in [0.1, 0.15) is 40.8 Å². The number of nitrogens with one attached hydrogen (secondary N) is 1. The number of allylic oxidation sites excluding steroid dienone is 4. The van der Waals surface area contributed by atoms with Crippen molar-refractivity contribution in [2.45, 2.75) is 18.5 Å². The van der Waals surface area contributed by atoms with Crippen molar-refractivity contribution < 1.29 is 0 Å². The smallest absolute Gasteiger partial charge is 0.159 e. The Labute approximate surface area is 315 Å². The summed E-state index contributed by atoms with van der Waals surface area (Å²) < 4.78 is 0. The second-order valence-corrected chi connectivity index (χ2v) is 14.3. The van der Waals surface area contributed by atoms with Crippen molar-refractivity contribution in [3.05, 3.63) is 216 Å². The SMILES string of the molecule is C1=CCC(c2ccc3cc(C4=NC(c5ccc6cc(-c7ccccc7)ccc6c5)=NC(c5ccc6cc(-c7ccccc7)ccc6c5)N4)ccc3c2)C=C1. The molecule has 0 bridgehead atoms. The average molecular weight is 692 g/mol. The predicted octanol–water partition coefficient (Wildman–Crippen LogP) is 12.6. The Morgan fingerprint density at radius 2 is 0.926 bits per heavy atom. The number of nitrogens with zero attached hydrogens (tertiary/aromatic N) is 2. The van der Waals surface area contributed by atoms with E-state index in [2.05, 4.69) is 199 Å². The fourth-order valence-electron chi connectivity index (χ4n) is 7.81. The van der Waals surface area contributed by atoms with E-state index in [-0.39, 0.29) is 6.17 Å². The van der Waals surface area contributed by atoms with Crippen molar-refractivity contribution in [3.63, 3.8) is 0 Å². The number of fused-ring (bicyclic) bond motifs is 3. The standard InChI is InChI=1S/C51H37N3/c1-4-10-34(11-5-1)37-16-19-43-31-46(25-22-40(43)28-37)49-52-50(47-26-23-41-29-38(17-20-44(41)32-47)35-12-6-2-7-13-35)54-51(53-49)48-27-24-42-30-39(18-21-45(42)33-48)36-14-8-3-9-15-36/h1-14,16-33,36,49H,15H2,(H,52,53,54). The molecule has 8 aromatic carbocycles. The van der Waals surface area contributed by atoms with Gasteiger partial charge in [-0.25, -0.2) is 9.98 Å². The Bertz CT molecular complexity index is 2830. The maximum absolute atomic E-state index is 5.27. The highest BCUT2D eigenvalue weighted by atomic mass is 15.2. The monoisotopic (exact) mass is 691 g/mol. The summed E-state index contributed by atoms with van der Waals surface area (Å²) >= 11 is 0. The molecule has 3 heteroatoms. The van der Waals surface area contributed by atoms with Gasteiger partial charge in [-0.15, -0.1) is 0 Å². The van der Waals surface area contributed by atoms with Crippen molar-refractivity contribution in [1.29, 1.82) is 0 Å². The van der Waals surface area contributed by atoms with Gasteiger partial charge in [0.1, 0.15) is 12.0 Å². The quantitative estimate of drug-likeness (QED) is 0.185. The molecule has 0 spiro atoms. The first-order chi connectivity index (χ1) is 26.7. The van der Waals surface area contributed by atoms with Crippen LogP contribution in [-0.2, 0) is 0 Å². The summed E-state index contributed by atoms with van der Waals surface area (Å²) in [6.07, 6.45) is 9.55. The zero-order valence-electron chi connectivity index (χ0n) is 29.7. The van der Waals surface area contributed by atoms with Gasteiger partial charge in [0.15, 0.2) is 5.84 Å². The van der Waals surface area contributed by atoms with E-state index in [1.54, 1.807) is 0 Å². The number of hydrogen-bond acceptors (Lipinski definition) is 3. The van der Waals surface area contributed by atoms with Crippen LogP contribution >= 0.6 is 0 Å². The lowest BCUT2D eigenvalue weighted by molar-refractivity contribution is 0.675. The molecule has 54 heavy (non-hydrogen) atoms. The second kappa shape index (κ2) is 13.6. The summed E-state index contributed by atoms with van der Waals surface area (Å²) in [5.41, 5.74) is 9.31. The fraction of sp³-hybridized carbons (Fsp3) is 0.0588. The average Bonchev–Trinajstić information content (AvgIpc) is 3.26. The Kier molecular flexibility index (Phi) is 8.03. The van der Waals surface area contributed by atoms with Gasteiger partial charge in [-0.2, -0.15) is 0 Å². The number of rotatable bonds is 6. The van der Waals surface area contributed by atoms with E-state index in [9.17, 15) is 0 Å². The lowest BCUT2D eigenvalue weighted by atomic mass is 9.91. The number of hydrogen-bond donors (Lipinski definition) is 1. The third-order valence-electron chi connectivity index (χ3n) is 10.8. The molecule has 2 aliphatic rings. The lowest BCUT2D eigenvalue weighted by Crippen LogP contribution is -2.33. The van der Waals surface area contributed by atoms with E-state index in [0.29, 0.717) is 5.92 Å². The summed E-state index contributed by atoms with van der Waals surface area (Å²) in [5, 5.41) is 10.9. The largest absolute Gasteiger partial charge is 0.344 e. The first-order valence-corrected chi connectivity index (χ1v) is 18.7. The van der Waals surface area contributed by atoms with Gasteiger partial charge in [0, 0.05) is 17.0 Å². The van der Waals surface area contributed by atoms with E-state index < -0.39 is 0 Å². The Morgan fingerprint density at radius 1 is 0.426 bits per heavy atom. The molecule has 2 unspecified atom stereocenters. The van der Waals surface area contributed by atoms with E-state index in [4.69, 9.17) is 9.98 Å². The van der Waals surface area contributed by atoms with Crippen LogP contribution in [0, 0.1) is 0 Å². The molecule has 0 amide bonds. The lowest BCUT2D eigenvalue weighted by Gasteiger charge is -2.24. The maximum Gasteiger partial charge on any atom is 0.159 e. The van der Waals surface area contributed by atoms with Gasteiger partial charge in [0.25, 0.3) is 0 Å². The molecule has 0 fully saturated rings. The second-order valence-electron chi connectivity index (χ2n) is 14.3. The van der Waals surface area contributed by atoms with Crippen LogP contribution in [-0.4, -0.2) is 11.7 Å². The van der Waals surface area contributed by atoms with Crippen LogP contribution in [0.2, 0.25) is 0 Å². The summed E-state index contributed by atoms with van der Waals surface area (Å²) in [5.74, 6) is 1.95. The molecule has 2 atom stereocenters. The first kappa shape index (κ1) is 31.9. The molecule has 0 saturated heterocycles. The fourth-order valence-corrected chi connectivity index (χ4v) is 7.81. The van der Waals surface area contributed by atoms with Crippen molar-refractivity contribution in [2.24, 2.45) is 9.98 Å². The van der Waals surface area contributed by atoms with Gasteiger partial charge in [-0.3, -0.25) is 0 Å². The van der Waals surface area contributed by atoms with Crippen molar-refractivity contribution in [3.8, 4) is 22.3 Å². The van der Waals surface area contributed by atoms with Crippen LogP contribution < -0.4 is 5.32 Å². The number of aliphatic imine (C=N–C) groups is 2. The van der Waals surface area contributed by atoms with Crippen LogP contribution in [0.4, 0.5) is 0 Å². The maximum atomic E-state index is 5.27. The summed E-state index contributed by atoms with van der Waals surface area (Å²) in [7, 11) is 0. The van der Waals surface area contributed by atoms with E-state index >= 15 is 0 Å². The van der Waals surface area contributed by atoms with E-state index in [1.807, 2.05) is 0 Å². The van der Waals surface area contributed by atoms with Gasteiger partial charge in [0.05, 0.1) is 0 Å².